The second-order valence-corrected chi connectivity index (χ2v) is 4.91. The van der Waals surface area contributed by atoms with Gasteiger partial charge >= 0.3 is 0 Å². The molecule has 0 radical (unpaired) electrons. The lowest BCUT2D eigenvalue weighted by Crippen LogP contribution is -2.39. The molecular formula is C11H18N2OS. The first kappa shape index (κ1) is 11.0. The van der Waals surface area contributed by atoms with Crippen LogP contribution in [-0.2, 0) is 6.54 Å². The van der Waals surface area contributed by atoms with Crippen LogP contribution in [0.2, 0.25) is 0 Å². The molecule has 84 valence electrons. The molecule has 1 aliphatic carbocycles. The van der Waals surface area contributed by atoms with E-state index in [0.29, 0.717) is 18.6 Å². The normalized spacial score (nSPS) is 26.7. The molecule has 1 saturated carbocycles. The molecule has 2 N–H and O–H groups in total. The summed E-state index contributed by atoms with van der Waals surface area (Å²) in [5.74, 6) is 0.442. The molecule has 1 aromatic rings. The van der Waals surface area contributed by atoms with Gasteiger partial charge < -0.3 is 10.4 Å². The quantitative estimate of drug-likeness (QED) is 0.822. The molecule has 0 spiro atoms. The van der Waals surface area contributed by atoms with Crippen molar-refractivity contribution in [1.29, 1.82) is 0 Å². The third-order valence-corrected chi connectivity index (χ3v) is 3.81. The Morgan fingerprint density at radius 2 is 2.33 bits per heavy atom. The number of thiazole rings is 1. The lowest BCUT2D eigenvalue weighted by atomic mass is 9.85. The number of hydrogen-bond donors (Lipinski definition) is 2. The lowest BCUT2D eigenvalue weighted by molar-refractivity contribution is 0.152. The molecule has 3 nitrogen and oxygen atoms in total. The molecule has 0 aromatic carbocycles. The fourth-order valence-electron chi connectivity index (χ4n) is 2.26. The van der Waals surface area contributed by atoms with E-state index in [2.05, 4.69) is 15.7 Å². The zero-order valence-electron chi connectivity index (χ0n) is 8.85. The fraction of sp³-hybridized carbons (Fsp3) is 0.727. The first-order valence-electron chi connectivity index (χ1n) is 5.61. The number of aromatic nitrogens is 1. The molecule has 2 atom stereocenters. The van der Waals surface area contributed by atoms with Gasteiger partial charge in [0, 0.05) is 24.6 Å². The van der Waals surface area contributed by atoms with E-state index in [1.807, 2.05) is 5.51 Å². The van der Waals surface area contributed by atoms with E-state index >= 15 is 0 Å². The molecule has 0 bridgehead atoms. The van der Waals surface area contributed by atoms with Crippen molar-refractivity contribution in [3.63, 3.8) is 0 Å². The van der Waals surface area contributed by atoms with Crippen molar-refractivity contribution in [3.05, 3.63) is 16.6 Å². The Labute approximate surface area is 94.5 Å². The third kappa shape index (κ3) is 3.00. The van der Waals surface area contributed by atoms with Gasteiger partial charge in [-0.2, -0.15) is 0 Å². The summed E-state index contributed by atoms with van der Waals surface area (Å²) in [4.78, 5) is 4.25. The Morgan fingerprint density at radius 3 is 3.07 bits per heavy atom. The van der Waals surface area contributed by atoms with Crippen LogP contribution in [0.1, 0.15) is 31.4 Å². The van der Waals surface area contributed by atoms with E-state index in [4.69, 9.17) is 0 Å². The maximum atomic E-state index is 9.27. The summed E-state index contributed by atoms with van der Waals surface area (Å²) in [6.07, 6.45) is 4.89. The SMILES string of the molecule is OCC1CCCCC1NCc1cscn1. The van der Waals surface area contributed by atoms with Crippen molar-refractivity contribution in [2.24, 2.45) is 5.92 Å². The van der Waals surface area contributed by atoms with Gasteiger partial charge in [0.15, 0.2) is 0 Å². The van der Waals surface area contributed by atoms with Crippen molar-refractivity contribution in [2.75, 3.05) is 6.61 Å². The molecule has 0 amide bonds. The van der Waals surface area contributed by atoms with Crippen molar-refractivity contribution in [2.45, 2.75) is 38.3 Å². The summed E-state index contributed by atoms with van der Waals surface area (Å²) in [6, 6.07) is 0.477. The maximum Gasteiger partial charge on any atom is 0.0795 e. The molecule has 2 rings (SSSR count). The molecule has 1 aromatic heterocycles. The summed E-state index contributed by atoms with van der Waals surface area (Å²) < 4.78 is 0. The zero-order chi connectivity index (χ0) is 10.5. The van der Waals surface area contributed by atoms with Crippen LogP contribution in [0.5, 0.6) is 0 Å². The van der Waals surface area contributed by atoms with E-state index < -0.39 is 0 Å². The number of nitrogens with one attached hydrogen (secondary N) is 1. The Bertz CT molecular complexity index is 276. The summed E-state index contributed by atoms with van der Waals surface area (Å²) in [5.41, 5.74) is 2.98. The summed E-state index contributed by atoms with van der Waals surface area (Å²) in [5, 5.41) is 14.8. The number of hydrogen-bond acceptors (Lipinski definition) is 4. The van der Waals surface area contributed by atoms with Gasteiger partial charge in [-0.1, -0.05) is 12.8 Å². The Balaban J connectivity index is 1.81. The van der Waals surface area contributed by atoms with Gasteiger partial charge in [0.05, 0.1) is 11.2 Å². The Morgan fingerprint density at radius 1 is 1.47 bits per heavy atom. The lowest BCUT2D eigenvalue weighted by Gasteiger charge is -2.30. The van der Waals surface area contributed by atoms with Crippen LogP contribution >= 0.6 is 11.3 Å². The minimum absolute atomic E-state index is 0.314. The average molecular weight is 226 g/mol. The summed E-state index contributed by atoms with van der Waals surface area (Å²) in [6.45, 7) is 1.15. The minimum Gasteiger partial charge on any atom is -0.396 e. The van der Waals surface area contributed by atoms with Gasteiger partial charge in [-0.3, -0.25) is 0 Å². The van der Waals surface area contributed by atoms with Gasteiger partial charge in [-0.15, -0.1) is 11.3 Å². The van der Waals surface area contributed by atoms with Crippen molar-refractivity contribution >= 4 is 11.3 Å². The average Bonchev–Trinajstić information content (AvgIpc) is 2.79. The number of rotatable bonds is 4. The van der Waals surface area contributed by atoms with E-state index in [1.54, 1.807) is 11.3 Å². The van der Waals surface area contributed by atoms with Gasteiger partial charge in [0.1, 0.15) is 0 Å². The monoisotopic (exact) mass is 226 g/mol. The molecule has 1 fully saturated rings. The van der Waals surface area contributed by atoms with E-state index in [1.165, 1.54) is 19.3 Å². The molecule has 0 aliphatic heterocycles. The van der Waals surface area contributed by atoms with Crippen LogP contribution in [0, 0.1) is 5.92 Å². The number of aliphatic hydroxyl groups is 1. The topological polar surface area (TPSA) is 45.1 Å². The van der Waals surface area contributed by atoms with Crippen LogP contribution in [0.4, 0.5) is 0 Å². The fourth-order valence-corrected chi connectivity index (χ4v) is 2.81. The van der Waals surface area contributed by atoms with Gasteiger partial charge in [0.25, 0.3) is 0 Å². The van der Waals surface area contributed by atoms with Crippen LogP contribution in [-0.4, -0.2) is 22.7 Å². The molecule has 0 saturated heterocycles. The van der Waals surface area contributed by atoms with Crippen LogP contribution in [0.15, 0.2) is 10.9 Å². The summed E-state index contributed by atoms with van der Waals surface area (Å²) in [7, 11) is 0. The van der Waals surface area contributed by atoms with Crippen molar-refractivity contribution in [1.82, 2.24) is 10.3 Å². The molecular weight excluding hydrogens is 208 g/mol. The number of nitrogens with zero attached hydrogens (tertiary/aromatic N) is 1. The maximum absolute atomic E-state index is 9.27. The first-order chi connectivity index (χ1) is 7.40. The molecule has 4 heteroatoms. The first-order valence-corrected chi connectivity index (χ1v) is 6.55. The van der Waals surface area contributed by atoms with Gasteiger partial charge in [-0.05, 0) is 18.8 Å². The van der Waals surface area contributed by atoms with Gasteiger partial charge in [-0.25, -0.2) is 4.98 Å². The molecule has 1 aliphatic rings. The second-order valence-electron chi connectivity index (χ2n) is 4.19. The van der Waals surface area contributed by atoms with E-state index in [0.717, 1.165) is 18.7 Å². The Hall–Kier alpha value is -0.450. The molecule has 2 unspecified atom stereocenters. The van der Waals surface area contributed by atoms with Crippen LogP contribution in [0.25, 0.3) is 0 Å². The van der Waals surface area contributed by atoms with E-state index in [9.17, 15) is 5.11 Å². The smallest absolute Gasteiger partial charge is 0.0795 e. The van der Waals surface area contributed by atoms with Crippen molar-refractivity contribution in [3.8, 4) is 0 Å². The predicted octanol–water partition coefficient (Wildman–Crippen LogP) is 1.78. The van der Waals surface area contributed by atoms with Crippen LogP contribution in [0.3, 0.4) is 0 Å². The molecule has 15 heavy (non-hydrogen) atoms. The standard InChI is InChI=1S/C11H18N2OS/c14-6-9-3-1-2-4-11(9)12-5-10-7-15-8-13-10/h7-9,11-12,14H,1-6H2. The van der Waals surface area contributed by atoms with E-state index in [-0.39, 0.29) is 0 Å². The highest BCUT2D eigenvalue weighted by molar-refractivity contribution is 7.07. The van der Waals surface area contributed by atoms with Crippen LogP contribution < -0.4 is 5.32 Å². The third-order valence-electron chi connectivity index (χ3n) is 3.17. The second kappa shape index (κ2) is 5.58. The van der Waals surface area contributed by atoms with Crippen molar-refractivity contribution < 1.29 is 5.11 Å². The zero-order valence-corrected chi connectivity index (χ0v) is 9.67. The minimum atomic E-state index is 0.314. The summed E-state index contributed by atoms with van der Waals surface area (Å²) >= 11 is 1.63. The largest absolute Gasteiger partial charge is 0.396 e. The predicted molar refractivity (Wildman–Crippen MR) is 61.8 cm³/mol. The number of aliphatic hydroxyl groups excluding tert-OH is 1. The van der Waals surface area contributed by atoms with Gasteiger partial charge in [0.2, 0.25) is 0 Å². The molecule has 1 heterocycles. The highest BCUT2D eigenvalue weighted by atomic mass is 32.1. The highest BCUT2D eigenvalue weighted by Gasteiger charge is 2.23. The highest BCUT2D eigenvalue weighted by Crippen LogP contribution is 2.24. The Kier molecular flexibility index (Phi) is 4.11.